The van der Waals surface area contributed by atoms with Crippen LogP contribution in [0.3, 0.4) is 0 Å². The van der Waals surface area contributed by atoms with Gasteiger partial charge >= 0.3 is 0 Å². The fourth-order valence-electron chi connectivity index (χ4n) is 3.50. The minimum atomic E-state index is 0.352. The van der Waals surface area contributed by atoms with E-state index in [9.17, 15) is 5.11 Å². The molecule has 1 saturated carbocycles. The molecule has 1 fully saturated rings. The summed E-state index contributed by atoms with van der Waals surface area (Å²) in [4.78, 5) is 2.56. The number of nitrogens with zero attached hydrogens (tertiary/aromatic N) is 1. The zero-order chi connectivity index (χ0) is 14.8. The predicted octanol–water partition coefficient (Wildman–Crippen LogP) is 4.74. The van der Waals surface area contributed by atoms with Gasteiger partial charge < -0.3 is 5.11 Å². The number of rotatable bonds is 4. The predicted molar refractivity (Wildman–Crippen MR) is 84.9 cm³/mol. The maximum Gasteiger partial charge on any atom is 0.115 e. The second-order valence-corrected chi connectivity index (χ2v) is 7.08. The van der Waals surface area contributed by atoms with Crippen molar-refractivity contribution in [2.75, 3.05) is 7.05 Å². The molecule has 1 unspecified atom stereocenters. The molecule has 2 nitrogen and oxygen atoms in total. The van der Waals surface area contributed by atoms with E-state index in [1.165, 1.54) is 31.2 Å². The summed E-state index contributed by atoms with van der Waals surface area (Å²) in [5.41, 5.74) is 1.84. The zero-order valence-corrected chi connectivity index (χ0v) is 13.4. The highest BCUT2D eigenvalue weighted by Crippen LogP contribution is 2.39. The first-order valence-electron chi connectivity index (χ1n) is 7.94. The molecule has 0 radical (unpaired) electrons. The molecular formula is C18H29NO. The molecule has 0 saturated heterocycles. The SMILES string of the molecule is CCC(c1ccc(O)cc1)N(C)C1CCC(C)(C)CC1. The van der Waals surface area contributed by atoms with Crippen molar-refractivity contribution in [3.8, 4) is 5.75 Å². The minimum Gasteiger partial charge on any atom is -0.508 e. The van der Waals surface area contributed by atoms with Crippen LogP contribution in [0.1, 0.15) is 64.5 Å². The molecule has 1 aromatic carbocycles. The average molecular weight is 275 g/mol. The van der Waals surface area contributed by atoms with Gasteiger partial charge in [0.2, 0.25) is 0 Å². The van der Waals surface area contributed by atoms with Crippen molar-refractivity contribution in [1.82, 2.24) is 4.90 Å². The van der Waals surface area contributed by atoms with Crippen LogP contribution in [0.15, 0.2) is 24.3 Å². The van der Waals surface area contributed by atoms with Gasteiger partial charge in [0, 0.05) is 12.1 Å². The highest BCUT2D eigenvalue weighted by molar-refractivity contribution is 5.28. The number of phenols is 1. The smallest absolute Gasteiger partial charge is 0.115 e. The largest absolute Gasteiger partial charge is 0.508 e. The minimum absolute atomic E-state index is 0.352. The fourth-order valence-corrected chi connectivity index (χ4v) is 3.50. The van der Waals surface area contributed by atoms with Crippen LogP contribution in [0.2, 0.25) is 0 Å². The first kappa shape index (κ1) is 15.4. The van der Waals surface area contributed by atoms with Gasteiger partial charge in [-0.05, 0) is 62.3 Å². The Balaban J connectivity index is 2.06. The van der Waals surface area contributed by atoms with E-state index in [-0.39, 0.29) is 0 Å². The fraction of sp³-hybridized carbons (Fsp3) is 0.667. The highest BCUT2D eigenvalue weighted by atomic mass is 16.3. The molecule has 1 N–H and O–H groups in total. The van der Waals surface area contributed by atoms with E-state index in [0.717, 1.165) is 6.42 Å². The Labute approximate surface area is 123 Å². The Hall–Kier alpha value is -1.02. The highest BCUT2D eigenvalue weighted by Gasteiger charge is 2.31. The van der Waals surface area contributed by atoms with Crippen LogP contribution in [-0.4, -0.2) is 23.1 Å². The second-order valence-electron chi connectivity index (χ2n) is 7.08. The lowest BCUT2D eigenvalue weighted by atomic mass is 9.75. The van der Waals surface area contributed by atoms with Crippen molar-refractivity contribution in [3.63, 3.8) is 0 Å². The zero-order valence-electron chi connectivity index (χ0n) is 13.4. The quantitative estimate of drug-likeness (QED) is 0.857. The van der Waals surface area contributed by atoms with Gasteiger partial charge in [0.15, 0.2) is 0 Å². The van der Waals surface area contributed by atoms with Crippen LogP contribution in [0.25, 0.3) is 0 Å². The van der Waals surface area contributed by atoms with E-state index in [1.54, 1.807) is 12.1 Å². The molecule has 0 bridgehead atoms. The van der Waals surface area contributed by atoms with Gasteiger partial charge in [-0.25, -0.2) is 0 Å². The molecule has 0 aliphatic heterocycles. The van der Waals surface area contributed by atoms with E-state index in [4.69, 9.17) is 0 Å². The molecule has 1 aromatic rings. The summed E-state index contributed by atoms with van der Waals surface area (Å²) < 4.78 is 0. The topological polar surface area (TPSA) is 23.5 Å². The molecule has 1 atom stereocenters. The first-order valence-corrected chi connectivity index (χ1v) is 7.94. The van der Waals surface area contributed by atoms with Crippen LogP contribution in [-0.2, 0) is 0 Å². The van der Waals surface area contributed by atoms with E-state index in [2.05, 4.69) is 44.9 Å². The number of aromatic hydroxyl groups is 1. The Kier molecular flexibility index (Phi) is 4.74. The molecule has 2 heteroatoms. The van der Waals surface area contributed by atoms with Gasteiger partial charge in [-0.1, -0.05) is 32.9 Å². The van der Waals surface area contributed by atoms with Crippen LogP contribution < -0.4 is 0 Å². The Morgan fingerprint density at radius 1 is 1.20 bits per heavy atom. The van der Waals surface area contributed by atoms with Gasteiger partial charge in [0.1, 0.15) is 5.75 Å². The van der Waals surface area contributed by atoms with Gasteiger partial charge in [-0.15, -0.1) is 0 Å². The van der Waals surface area contributed by atoms with Crippen LogP contribution in [0.4, 0.5) is 0 Å². The molecule has 0 heterocycles. The van der Waals surface area contributed by atoms with Crippen LogP contribution in [0, 0.1) is 5.41 Å². The molecule has 0 spiro atoms. The van der Waals surface area contributed by atoms with E-state index >= 15 is 0 Å². The lowest BCUT2D eigenvalue weighted by Gasteiger charge is -2.41. The summed E-state index contributed by atoms with van der Waals surface area (Å²) in [5.74, 6) is 0.352. The average Bonchev–Trinajstić information content (AvgIpc) is 2.41. The summed E-state index contributed by atoms with van der Waals surface area (Å²) in [6.45, 7) is 7.03. The summed E-state index contributed by atoms with van der Waals surface area (Å²) >= 11 is 0. The van der Waals surface area contributed by atoms with Crippen LogP contribution >= 0.6 is 0 Å². The van der Waals surface area contributed by atoms with E-state index in [1.807, 2.05) is 0 Å². The van der Waals surface area contributed by atoms with Gasteiger partial charge in [0.25, 0.3) is 0 Å². The van der Waals surface area contributed by atoms with Crippen LogP contribution in [0.5, 0.6) is 5.75 Å². The number of hydrogen-bond acceptors (Lipinski definition) is 2. The molecule has 2 rings (SSSR count). The number of hydrogen-bond donors (Lipinski definition) is 1. The molecule has 0 amide bonds. The van der Waals surface area contributed by atoms with E-state index in [0.29, 0.717) is 23.2 Å². The number of phenolic OH excluding ortho intramolecular Hbond substituents is 1. The monoisotopic (exact) mass is 275 g/mol. The third-order valence-electron chi connectivity index (χ3n) is 5.04. The normalized spacial score (nSPS) is 21.1. The van der Waals surface area contributed by atoms with Crippen molar-refractivity contribution >= 4 is 0 Å². The first-order chi connectivity index (χ1) is 9.43. The van der Waals surface area contributed by atoms with Gasteiger partial charge in [0.05, 0.1) is 0 Å². The lowest BCUT2D eigenvalue weighted by molar-refractivity contribution is 0.0922. The standard InChI is InChI=1S/C18H29NO/c1-5-17(14-6-8-16(20)9-7-14)19(4)15-10-12-18(2,3)13-11-15/h6-9,15,17,20H,5,10-13H2,1-4H3. The van der Waals surface area contributed by atoms with Crippen molar-refractivity contribution in [3.05, 3.63) is 29.8 Å². The second kappa shape index (κ2) is 6.17. The summed E-state index contributed by atoms with van der Waals surface area (Å²) in [6.07, 6.45) is 6.37. The van der Waals surface area contributed by atoms with Crippen molar-refractivity contribution in [2.45, 2.75) is 65.0 Å². The van der Waals surface area contributed by atoms with Crippen molar-refractivity contribution in [1.29, 1.82) is 0 Å². The van der Waals surface area contributed by atoms with Gasteiger partial charge in [-0.3, -0.25) is 4.90 Å². The Bertz CT molecular complexity index is 414. The van der Waals surface area contributed by atoms with Crippen molar-refractivity contribution in [2.24, 2.45) is 5.41 Å². The molecule has 112 valence electrons. The van der Waals surface area contributed by atoms with Gasteiger partial charge in [-0.2, -0.15) is 0 Å². The number of benzene rings is 1. The Morgan fingerprint density at radius 2 is 1.75 bits per heavy atom. The summed E-state index contributed by atoms with van der Waals surface area (Å²) in [7, 11) is 2.27. The van der Waals surface area contributed by atoms with Crippen molar-refractivity contribution < 1.29 is 5.11 Å². The third-order valence-corrected chi connectivity index (χ3v) is 5.04. The lowest BCUT2D eigenvalue weighted by Crippen LogP contribution is -2.39. The third kappa shape index (κ3) is 3.54. The molecular weight excluding hydrogens is 246 g/mol. The molecule has 20 heavy (non-hydrogen) atoms. The summed E-state index contributed by atoms with van der Waals surface area (Å²) in [6, 6.07) is 8.88. The Morgan fingerprint density at radius 3 is 2.25 bits per heavy atom. The molecule has 1 aliphatic rings. The maximum atomic E-state index is 9.44. The summed E-state index contributed by atoms with van der Waals surface area (Å²) in [5, 5.41) is 9.44. The maximum absolute atomic E-state index is 9.44. The van der Waals surface area contributed by atoms with E-state index < -0.39 is 0 Å². The molecule has 0 aromatic heterocycles. The molecule has 1 aliphatic carbocycles.